The van der Waals surface area contributed by atoms with Crippen LogP contribution in [0.25, 0.3) is 0 Å². The van der Waals surface area contributed by atoms with Gasteiger partial charge < -0.3 is 35.4 Å². The van der Waals surface area contributed by atoms with Crippen molar-refractivity contribution in [1.82, 2.24) is 10.6 Å². The van der Waals surface area contributed by atoms with Crippen LogP contribution in [0.15, 0.2) is 0 Å². The number of nitrogens with one attached hydrogen (secondary N) is 2. The van der Waals surface area contributed by atoms with Crippen molar-refractivity contribution in [3.63, 3.8) is 0 Å². The van der Waals surface area contributed by atoms with Gasteiger partial charge in [-0.25, -0.2) is 0 Å². The summed E-state index contributed by atoms with van der Waals surface area (Å²) in [6, 6.07) is 0. The fourth-order valence-electron chi connectivity index (χ4n) is 1.56. The summed E-state index contributed by atoms with van der Waals surface area (Å²) < 4.78 is 10.2. The number of ether oxygens (including phenoxy) is 2. The maximum atomic E-state index is 9.71. The van der Waals surface area contributed by atoms with Gasteiger partial charge in [0.05, 0.1) is 0 Å². The number of thiocarbonyl (C=S) groups is 1. The lowest BCUT2D eigenvalue weighted by molar-refractivity contribution is -0.288. The zero-order valence-electron chi connectivity index (χ0n) is 9.66. The van der Waals surface area contributed by atoms with Crippen molar-refractivity contribution >= 4 is 17.3 Å². The molecule has 0 radical (unpaired) electrons. The summed E-state index contributed by atoms with van der Waals surface area (Å²) in [7, 11) is 3.01. The Balaban J connectivity index is 2.56. The molecule has 0 aliphatic carbocycles. The second-order valence-corrected chi connectivity index (χ2v) is 4.12. The quantitative estimate of drug-likeness (QED) is 0.358. The van der Waals surface area contributed by atoms with Crippen molar-refractivity contribution in [2.75, 3.05) is 20.7 Å². The van der Waals surface area contributed by atoms with E-state index in [9.17, 15) is 15.3 Å². The van der Waals surface area contributed by atoms with E-state index in [4.69, 9.17) is 21.7 Å². The SMILES string of the molecule is CNC(=S)NC[C@H]1O[C@H](OC)[C@H](O)[C@@H](O)[C@@H]1O. The highest BCUT2D eigenvalue weighted by Crippen LogP contribution is 2.21. The highest BCUT2D eigenvalue weighted by molar-refractivity contribution is 7.80. The number of methoxy groups -OCH3 is 1. The second-order valence-electron chi connectivity index (χ2n) is 3.71. The molecule has 7 nitrogen and oxygen atoms in total. The smallest absolute Gasteiger partial charge is 0.186 e. The van der Waals surface area contributed by atoms with Gasteiger partial charge in [-0.15, -0.1) is 0 Å². The topological polar surface area (TPSA) is 103 Å². The van der Waals surface area contributed by atoms with Crippen LogP contribution in [0.1, 0.15) is 0 Å². The Bertz CT molecular complexity index is 266. The molecule has 0 saturated carbocycles. The average Bonchev–Trinajstić information content (AvgIpc) is 2.34. The molecule has 0 unspecified atom stereocenters. The third kappa shape index (κ3) is 3.47. The maximum Gasteiger partial charge on any atom is 0.186 e. The zero-order valence-corrected chi connectivity index (χ0v) is 10.5. The molecule has 1 saturated heterocycles. The van der Waals surface area contributed by atoms with Crippen molar-refractivity contribution in [3.8, 4) is 0 Å². The Labute approximate surface area is 105 Å². The van der Waals surface area contributed by atoms with E-state index >= 15 is 0 Å². The van der Waals surface area contributed by atoms with Gasteiger partial charge in [0.15, 0.2) is 11.4 Å². The fourth-order valence-corrected chi connectivity index (χ4v) is 1.65. The monoisotopic (exact) mass is 266 g/mol. The Hall–Kier alpha value is -0.510. The predicted molar refractivity (Wildman–Crippen MR) is 63.4 cm³/mol. The van der Waals surface area contributed by atoms with Gasteiger partial charge in [-0.2, -0.15) is 0 Å². The average molecular weight is 266 g/mol. The standard InChI is InChI=1S/C9H18N2O5S/c1-10-9(17)11-3-4-5(12)6(13)7(14)8(15-2)16-4/h4-8,12-14H,3H2,1-2H3,(H2,10,11,17)/t4-,5-,6+,7-,8+/m1/s1. The van der Waals surface area contributed by atoms with Crippen molar-refractivity contribution in [2.24, 2.45) is 0 Å². The number of aliphatic hydroxyl groups is 3. The van der Waals surface area contributed by atoms with Crippen LogP contribution in [-0.4, -0.2) is 71.8 Å². The summed E-state index contributed by atoms with van der Waals surface area (Å²) in [5.41, 5.74) is 0. The Morgan fingerprint density at radius 3 is 2.47 bits per heavy atom. The first kappa shape index (κ1) is 14.6. The minimum absolute atomic E-state index is 0.199. The molecule has 5 N–H and O–H groups in total. The van der Waals surface area contributed by atoms with E-state index < -0.39 is 30.7 Å². The van der Waals surface area contributed by atoms with Crippen LogP contribution in [0.3, 0.4) is 0 Å². The third-order valence-electron chi connectivity index (χ3n) is 2.59. The summed E-state index contributed by atoms with van der Waals surface area (Å²) >= 11 is 4.87. The lowest BCUT2D eigenvalue weighted by Crippen LogP contribution is -2.60. The summed E-state index contributed by atoms with van der Waals surface area (Å²) in [6.07, 6.45) is -5.48. The minimum Gasteiger partial charge on any atom is -0.388 e. The van der Waals surface area contributed by atoms with Crippen LogP contribution >= 0.6 is 12.2 Å². The Morgan fingerprint density at radius 1 is 1.29 bits per heavy atom. The molecule has 0 aromatic rings. The number of rotatable bonds is 3. The van der Waals surface area contributed by atoms with Gasteiger partial charge in [-0.05, 0) is 12.2 Å². The molecule has 0 spiro atoms. The molecule has 5 atom stereocenters. The minimum atomic E-state index is -1.32. The van der Waals surface area contributed by atoms with Crippen LogP contribution < -0.4 is 10.6 Å². The van der Waals surface area contributed by atoms with Crippen LogP contribution in [0, 0.1) is 0 Å². The predicted octanol–water partition coefficient (Wildman–Crippen LogP) is -2.47. The highest BCUT2D eigenvalue weighted by Gasteiger charge is 2.43. The lowest BCUT2D eigenvalue weighted by Gasteiger charge is -2.39. The Kier molecular flexibility index (Phi) is 5.50. The van der Waals surface area contributed by atoms with Crippen molar-refractivity contribution in [2.45, 2.75) is 30.7 Å². The lowest BCUT2D eigenvalue weighted by atomic mass is 9.99. The van der Waals surface area contributed by atoms with Gasteiger partial charge in [0.1, 0.15) is 24.4 Å². The molecule has 0 amide bonds. The first-order valence-electron chi connectivity index (χ1n) is 5.19. The van der Waals surface area contributed by atoms with Gasteiger partial charge in [-0.1, -0.05) is 0 Å². The van der Waals surface area contributed by atoms with Crippen LogP contribution in [-0.2, 0) is 9.47 Å². The van der Waals surface area contributed by atoms with Gasteiger partial charge in [0.2, 0.25) is 0 Å². The second kappa shape index (κ2) is 6.43. The van der Waals surface area contributed by atoms with Crippen molar-refractivity contribution in [3.05, 3.63) is 0 Å². The van der Waals surface area contributed by atoms with Crippen LogP contribution in [0.4, 0.5) is 0 Å². The molecule has 0 aromatic heterocycles. The molecule has 17 heavy (non-hydrogen) atoms. The summed E-state index contributed by atoms with van der Waals surface area (Å²) in [5, 5.41) is 34.8. The highest BCUT2D eigenvalue weighted by atomic mass is 32.1. The molecule has 1 fully saturated rings. The normalized spacial score (nSPS) is 37.6. The van der Waals surface area contributed by atoms with Crippen LogP contribution in [0.5, 0.6) is 0 Å². The molecular weight excluding hydrogens is 248 g/mol. The molecule has 0 aromatic carbocycles. The number of hydrogen-bond donors (Lipinski definition) is 5. The first-order valence-corrected chi connectivity index (χ1v) is 5.60. The summed E-state index contributed by atoms with van der Waals surface area (Å²) in [4.78, 5) is 0. The molecular formula is C9H18N2O5S. The van der Waals surface area contributed by atoms with E-state index in [0.717, 1.165) is 0 Å². The molecule has 100 valence electrons. The molecule has 0 bridgehead atoms. The molecule has 1 rings (SSSR count). The molecule has 8 heteroatoms. The van der Waals surface area contributed by atoms with E-state index in [2.05, 4.69) is 10.6 Å². The van der Waals surface area contributed by atoms with Crippen LogP contribution in [0.2, 0.25) is 0 Å². The molecule has 1 aliphatic heterocycles. The van der Waals surface area contributed by atoms with Gasteiger partial charge in [0, 0.05) is 20.7 Å². The zero-order chi connectivity index (χ0) is 13.0. The van der Waals surface area contributed by atoms with E-state index in [0.29, 0.717) is 5.11 Å². The largest absolute Gasteiger partial charge is 0.388 e. The molecule has 1 heterocycles. The summed E-state index contributed by atoms with van der Waals surface area (Å²) in [6.45, 7) is 0.199. The fraction of sp³-hybridized carbons (Fsp3) is 0.889. The van der Waals surface area contributed by atoms with E-state index in [1.165, 1.54) is 7.11 Å². The maximum absolute atomic E-state index is 9.71. The third-order valence-corrected chi connectivity index (χ3v) is 2.94. The summed E-state index contributed by atoms with van der Waals surface area (Å²) in [5.74, 6) is 0. The van der Waals surface area contributed by atoms with Gasteiger partial charge in [-0.3, -0.25) is 0 Å². The van der Waals surface area contributed by atoms with Gasteiger partial charge in [0.25, 0.3) is 0 Å². The Morgan fingerprint density at radius 2 is 1.94 bits per heavy atom. The van der Waals surface area contributed by atoms with E-state index in [1.54, 1.807) is 7.05 Å². The molecule has 1 aliphatic rings. The number of hydrogen-bond acceptors (Lipinski definition) is 6. The van der Waals surface area contributed by atoms with Crippen molar-refractivity contribution < 1.29 is 24.8 Å². The number of aliphatic hydroxyl groups excluding tert-OH is 3. The first-order chi connectivity index (χ1) is 8.01. The van der Waals surface area contributed by atoms with E-state index in [1.807, 2.05) is 0 Å². The van der Waals surface area contributed by atoms with Gasteiger partial charge >= 0.3 is 0 Å². The van der Waals surface area contributed by atoms with E-state index in [-0.39, 0.29) is 6.54 Å². The van der Waals surface area contributed by atoms with Crippen molar-refractivity contribution in [1.29, 1.82) is 0 Å².